The van der Waals surface area contributed by atoms with E-state index in [1.165, 1.54) is 0 Å². The number of halogens is 2. The molecule has 0 saturated heterocycles. The van der Waals surface area contributed by atoms with Crippen LogP contribution in [0.4, 0.5) is 0 Å². The third-order valence-corrected chi connectivity index (χ3v) is 2.00. The van der Waals surface area contributed by atoms with Crippen LogP contribution in [0.1, 0.15) is 0 Å². The molecule has 0 radical (unpaired) electrons. The second kappa shape index (κ2) is 5.48. The molecule has 0 aliphatic heterocycles. The minimum atomic E-state index is -1.23. The van der Waals surface area contributed by atoms with E-state index in [0.29, 0.717) is 0 Å². The first-order chi connectivity index (χ1) is 5.42. The molecule has 12 heavy (non-hydrogen) atoms. The molecule has 66 valence electrons. The smallest absolute Gasteiger partial charge is 0.127 e. The molecule has 0 fully saturated rings. The summed E-state index contributed by atoms with van der Waals surface area (Å²) in [5, 5.41) is 0. The molecular weight excluding hydrogens is 207 g/mol. The topological polar surface area (TPSA) is 0 Å². The number of rotatable bonds is 1. The van der Waals surface area contributed by atoms with Crippen LogP contribution < -0.4 is 0 Å². The zero-order chi connectivity index (χ0) is 9.61. The fraction of sp³-hybridized carbons (Fsp3) is 0.333. The van der Waals surface area contributed by atoms with E-state index >= 15 is 0 Å². The van der Waals surface area contributed by atoms with Crippen molar-refractivity contribution in [2.45, 2.75) is 19.6 Å². The molecule has 0 aromatic carbocycles. The molecule has 0 saturated carbocycles. The molecule has 0 amide bonds. The maximum absolute atomic E-state index is 5.38. The van der Waals surface area contributed by atoms with Gasteiger partial charge in [-0.15, -0.1) is 5.54 Å². The highest BCUT2D eigenvalue weighted by atomic mass is 35.5. The van der Waals surface area contributed by atoms with Crippen molar-refractivity contribution in [2.24, 2.45) is 0 Å². The van der Waals surface area contributed by atoms with E-state index in [-0.39, 0.29) is 4.49 Å². The summed E-state index contributed by atoms with van der Waals surface area (Å²) in [6, 6.07) is 0. The Labute approximate surface area is 85.3 Å². The molecule has 0 atom stereocenters. The van der Waals surface area contributed by atoms with Gasteiger partial charge in [-0.1, -0.05) is 54.8 Å². The van der Waals surface area contributed by atoms with Gasteiger partial charge in [-0.2, -0.15) is 0 Å². The van der Waals surface area contributed by atoms with Crippen LogP contribution in [0.15, 0.2) is 22.7 Å². The lowest BCUT2D eigenvalue weighted by atomic mass is 10.5. The zero-order valence-electron chi connectivity index (χ0n) is 7.49. The van der Waals surface area contributed by atoms with Gasteiger partial charge in [-0.25, -0.2) is 0 Å². The Kier molecular flexibility index (Phi) is 5.40. The fourth-order valence-electron chi connectivity index (χ4n) is 0.427. The highest BCUT2D eigenvalue weighted by Gasteiger charge is 2.06. The molecule has 0 N–H and O–H groups in total. The van der Waals surface area contributed by atoms with Crippen LogP contribution in [0.5, 0.6) is 0 Å². The Morgan fingerprint density at radius 1 is 1.25 bits per heavy atom. The van der Waals surface area contributed by atoms with Crippen LogP contribution in [0.25, 0.3) is 0 Å². The number of allylic oxidation sites excluding steroid dienone is 3. The van der Waals surface area contributed by atoms with E-state index < -0.39 is 8.07 Å². The zero-order valence-corrected chi connectivity index (χ0v) is 10.00. The summed E-state index contributed by atoms with van der Waals surface area (Å²) in [4.78, 5) is 0. The van der Waals surface area contributed by atoms with Crippen LogP contribution in [0, 0.1) is 11.5 Å². The minimum absolute atomic E-state index is 0.251. The Hall–Kier alpha value is -0.163. The van der Waals surface area contributed by atoms with Gasteiger partial charge in [0.2, 0.25) is 0 Å². The van der Waals surface area contributed by atoms with Gasteiger partial charge in [0.15, 0.2) is 0 Å². The van der Waals surface area contributed by atoms with Crippen molar-refractivity contribution < 1.29 is 0 Å². The molecule has 0 unspecified atom stereocenters. The van der Waals surface area contributed by atoms with Crippen molar-refractivity contribution in [3.8, 4) is 11.5 Å². The Morgan fingerprint density at radius 3 is 2.25 bits per heavy atom. The van der Waals surface area contributed by atoms with Crippen LogP contribution >= 0.6 is 23.2 Å². The van der Waals surface area contributed by atoms with E-state index in [9.17, 15) is 0 Å². The van der Waals surface area contributed by atoms with Crippen molar-refractivity contribution in [2.75, 3.05) is 0 Å². The largest absolute Gasteiger partial charge is 0.129 e. The third kappa shape index (κ3) is 9.84. The Balaban J connectivity index is 4.04. The second-order valence-corrected chi connectivity index (χ2v) is 9.09. The molecule has 0 aromatic rings. The Bertz CT molecular complexity index is 244. The molecule has 0 spiro atoms. The van der Waals surface area contributed by atoms with E-state index in [1.54, 1.807) is 18.2 Å². The third-order valence-electron chi connectivity index (χ3n) is 0.849. The monoisotopic (exact) mass is 218 g/mol. The first-order valence-electron chi connectivity index (χ1n) is 3.62. The first-order valence-corrected chi connectivity index (χ1v) is 7.88. The summed E-state index contributed by atoms with van der Waals surface area (Å²) in [6.07, 6.45) is 5.09. The van der Waals surface area contributed by atoms with Crippen molar-refractivity contribution in [3.63, 3.8) is 0 Å². The first kappa shape index (κ1) is 11.8. The van der Waals surface area contributed by atoms with Gasteiger partial charge < -0.3 is 0 Å². The predicted octanol–water partition coefficient (Wildman–Crippen LogP) is 3.74. The average molecular weight is 219 g/mol. The van der Waals surface area contributed by atoms with E-state index in [2.05, 4.69) is 31.1 Å². The molecule has 0 aromatic heterocycles. The van der Waals surface area contributed by atoms with Crippen molar-refractivity contribution in [1.29, 1.82) is 0 Å². The fourth-order valence-corrected chi connectivity index (χ4v) is 1.09. The van der Waals surface area contributed by atoms with Crippen LogP contribution in [0.2, 0.25) is 19.6 Å². The van der Waals surface area contributed by atoms with Crippen molar-refractivity contribution >= 4 is 31.3 Å². The molecular formula is C9H12Cl2Si. The maximum atomic E-state index is 5.38. The molecule has 0 bridgehead atoms. The average Bonchev–Trinajstić information content (AvgIpc) is 1.83. The summed E-state index contributed by atoms with van der Waals surface area (Å²) >= 11 is 10.8. The lowest BCUT2D eigenvalue weighted by Crippen LogP contribution is -2.16. The van der Waals surface area contributed by atoms with Gasteiger partial charge in [0, 0.05) is 0 Å². The van der Waals surface area contributed by atoms with Gasteiger partial charge >= 0.3 is 0 Å². The standard InChI is InChI=1S/C9H12Cl2Si/c1-12(2,3)8-6-4-5-7-9(10)11/h4-5,7H,1-3H3/b5-4+. The van der Waals surface area contributed by atoms with E-state index in [1.807, 2.05) is 0 Å². The molecule has 3 heteroatoms. The predicted molar refractivity (Wildman–Crippen MR) is 60.1 cm³/mol. The number of hydrogen-bond acceptors (Lipinski definition) is 0. The Morgan fingerprint density at radius 2 is 1.83 bits per heavy atom. The summed E-state index contributed by atoms with van der Waals surface area (Å²) in [7, 11) is -1.23. The van der Waals surface area contributed by atoms with Crippen LogP contribution in [0.3, 0.4) is 0 Å². The molecule has 0 aliphatic rings. The van der Waals surface area contributed by atoms with Crippen LogP contribution in [-0.4, -0.2) is 8.07 Å². The highest BCUT2D eigenvalue weighted by Crippen LogP contribution is 2.05. The summed E-state index contributed by atoms with van der Waals surface area (Å²) in [5.74, 6) is 2.95. The highest BCUT2D eigenvalue weighted by molar-refractivity contribution is 6.83. The molecule has 0 nitrogen and oxygen atoms in total. The van der Waals surface area contributed by atoms with E-state index in [4.69, 9.17) is 23.2 Å². The maximum Gasteiger partial charge on any atom is 0.129 e. The summed E-state index contributed by atoms with van der Waals surface area (Å²) < 4.78 is 0.251. The quantitative estimate of drug-likeness (QED) is 0.358. The van der Waals surface area contributed by atoms with Gasteiger partial charge in [0.25, 0.3) is 0 Å². The van der Waals surface area contributed by atoms with Crippen molar-refractivity contribution in [3.05, 3.63) is 22.7 Å². The van der Waals surface area contributed by atoms with Gasteiger partial charge in [-0.3, -0.25) is 0 Å². The van der Waals surface area contributed by atoms with Crippen LogP contribution in [-0.2, 0) is 0 Å². The molecule has 0 heterocycles. The van der Waals surface area contributed by atoms with Gasteiger partial charge in [0.05, 0.1) is 0 Å². The van der Waals surface area contributed by atoms with E-state index in [0.717, 1.165) is 0 Å². The summed E-state index contributed by atoms with van der Waals surface area (Å²) in [5.41, 5.74) is 3.18. The molecule has 0 aliphatic carbocycles. The van der Waals surface area contributed by atoms with Gasteiger partial charge in [0.1, 0.15) is 12.6 Å². The van der Waals surface area contributed by atoms with Gasteiger partial charge in [-0.05, 0) is 12.2 Å². The molecule has 0 rings (SSSR count). The normalized spacial score (nSPS) is 10.8. The van der Waals surface area contributed by atoms with Crippen molar-refractivity contribution in [1.82, 2.24) is 0 Å². The SMILES string of the molecule is C[Si](C)(C)C#C/C=C/C=C(Cl)Cl. The second-order valence-electron chi connectivity index (χ2n) is 3.33. The minimum Gasteiger partial charge on any atom is -0.127 e. The summed E-state index contributed by atoms with van der Waals surface area (Å²) in [6.45, 7) is 6.58. The number of hydrogen-bond donors (Lipinski definition) is 0. The lowest BCUT2D eigenvalue weighted by Gasteiger charge is -2.01. The lowest BCUT2D eigenvalue weighted by molar-refractivity contribution is 1.81.